The molecule has 10 N–H and O–H groups in total. The molecular weight excluding hydrogens is 552 g/mol. The highest BCUT2D eigenvalue weighted by atomic mass is 32.2. The first-order valence-electron chi connectivity index (χ1n) is 12.8. The molecule has 41 heavy (non-hydrogen) atoms. The van der Waals surface area contributed by atoms with Crippen LogP contribution in [-0.4, -0.2) is 85.8 Å². The van der Waals surface area contributed by atoms with Crippen molar-refractivity contribution < 1.29 is 29.1 Å². The Morgan fingerprint density at radius 1 is 0.976 bits per heavy atom. The van der Waals surface area contributed by atoms with Crippen molar-refractivity contribution in [2.75, 3.05) is 12.0 Å². The van der Waals surface area contributed by atoms with E-state index >= 15 is 0 Å². The number of primary amides is 1. The number of rotatable bonds is 16. The molecule has 0 bridgehead atoms. The van der Waals surface area contributed by atoms with Crippen molar-refractivity contribution in [3.63, 3.8) is 0 Å². The maximum Gasteiger partial charge on any atom is 0.326 e. The maximum absolute atomic E-state index is 13.2. The van der Waals surface area contributed by atoms with Gasteiger partial charge in [-0.1, -0.05) is 18.2 Å². The largest absolute Gasteiger partial charge is 0.480 e. The molecule has 4 unspecified atom stereocenters. The minimum absolute atomic E-state index is 0.0526. The molecule has 220 valence electrons. The Hall–Kier alpha value is -4.37. The van der Waals surface area contributed by atoms with Gasteiger partial charge in [0.25, 0.3) is 0 Å². The van der Waals surface area contributed by atoms with Gasteiger partial charge >= 0.3 is 5.97 Å². The number of aromatic amines is 2. The van der Waals surface area contributed by atoms with Crippen molar-refractivity contribution in [2.45, 2.75) is 49.9 Å². The summed E-state index contributed by atoms with van der Waals surface area (Å²) in [4.78, 5) is 72.6. The number of amides is 4. The number of benzene rings is 1. The first kappa shape index (κ1) is 31.2. The van der Waals surface area contributed by atoms with E-state index in [1.165, 1.54) is 24.3 Å². The van der Waals surface area contributed by atoms with E-state index in [9.17, 15) is 29.1 Å². The number of nitrogens with zero attached hydrogens (tertiary/aromatic N) is 1. The topological polar surface area (TPSA) is 238 Å². The van der Waals surface area contributed by atoms with Gasteiger partial charge in [0.2, 0.25) is 23.6 Å². The number of fused-ring (bicyclic) bond motifs is 1. The number of nitrogens with one attached hydrogen (secondary N) is 5. The lowest BCUT2D eigenvalue weighted by Crippen LogP contribution is -2.58. The minimum Gasteiger partial charge on any atom is -0.480 e. The smallest absolute Gasteiger partial charge is 0.326 e. The van der Waals surface area contributed by atoms with E-state index in [2.05, 4.69) is 30.9 Å². The predicted octanol–water partition coefficient (Wildman–Crippen LogP) is -0.829. The molecule has 14 nitrogen and oxygen atoms in total. The zero-order valence-corrected chi connectivity index (χ0v) is 23.2. The molecule has 0 aliphatic rings. The highest BCUT2D eigenvalue weighted by Gasteiger charge is 2.31. The molecule has 0 saturated carbocycles. The van der Waals surface area contributed by atoms with E-state index in [4.69, 9.17) is 11.5 Å². The fraction of sp³-hybridized carbons (Fsp3) is 0.385. The summed E-state index contributed by atoms with van der Waals surface area (Å²) in [5, 5.41) is 18.0. The summed E-state index contributed by atoms with van der Waals surface area (Å²) < 4.78 is 0. The molecule has 3 aromatic rings. The molecule has 0 spiro atoms. The van der Waals surface area contributed by atoms with Gasteiger partial charge in [0, 0.05) is 41.8 Å². The molecule has 2 heterocycles. The average molecular weight is 587 g/mol. The number of carbonyl (C=O) groups excluding carboxylic acids is 4. The summed E-state index contributed by atoms with van der Waals surface area (Å²) in [6.07, 6.45) is 6.19. The van der Waals surface area contributed by atoms with Crippen LogP contribution in [0.1, 0.15) is 24.1 Å². The average Bonchev–Trinajstić information content (AvgIpc) is 3.59. The number of aromatic nitrogens is 3. The Kier molecular flexibility index (Phi) is 11.3. The standard InChI is InChI=1S/C26H34N8O6S/c1-41-7-6-19(32-23(36)17(27)9-15-12-29-13-31-15)24(37)33-20(10-22(28)35)25(38)34-21(26(39)40)8-14-11-30-18-5-3-2-4-16(14)18/h2-5,11-13,17,19-21,30H,6-10,27H2,1H3,(H2,28,35)(H,29,31)(H,32,36)(H,33,37)(H,34,38)(H,39,40). The fourth-order valence-electron chi connectivity index (χ4n) is 4.18. The Bertz CT molecular complexity index is 1360. The molecule has 4 atom stereocenters. The summed E-state index contributed by atoms with van der Waals surface area (Å²) in [6, 6.07) is 2.40. The van der Waals surface area contributed by atoms with E-state index in [-0.39, 0.29) is 19.3 Å². The molecule has 1 aromatic carbocycles. The Labute approximate surface area is 239 Å². The zero-order valence-electron chi connectivity index (χ0n) is 22.4. The van der Waals surface area contributed by atoms with Crippen LogP contribution in [0.3, 0.4) is 0 Å². The van der Waals surface area contributed by atoms with Gasteiger partial charge in [-0.3, -0.25) is 19.2 Å². The monoisotopic (exact) mass is 586 g/mol. The molecule has 3 rings (SSSR count). The molecule has 4 amide bonds. The molecule has 0 fully saturated rings. The van der Waals surface area contributed by atoms with Crippen LogP contribution in [-0.2, 0) is 36.8 Å². The Balaban J connectivity index is 1.70. The fourth-order valence-corrected chi connectivity index (χ4v) is 4.66. The van der Waals surface area contributed by atoms with Crippen molar-refractivity contribution in [3.8, 4) is 0 Å². The lowest BCUT2D eigenvalue weighted by atomic mass is 10.0. The summed E-state index contributed by atoms with van der Waals surface area (Å²) in [5.41, 5.74) is 13.4. The van der Waals surface area contributed by atoms with Gasteiger partial charge in [0.1, 0.15) is 18.1 Å². The van der Waals surface area contributed by atoms with Crippen molar-refractivity contribution in [3.05, 3.63) is 54.2 Å². The SMILES string of the molecule is CSCCC(NC(=O)C(N)Cc1cnc[nH]1)C(=O)NC(CC(N)=O)C(=O)NC(Cc1c[nH]c2ccccc12)C(=O)O. The van der Waals surface area contributed by atoms with Crippen LogP contribution in [0.15, 0.2) is 43.0 Å². The van der Waals surface area contributed by atoms with Gasteiger partial charge in [-0.15, -0.1) is 0 Å². The van der Waals surface area contributed by atoms with Crippen LogP contribution in [0.2, 0.25) is 0 Å². The second kappa shape index (κ2) is 14.9. The van der Waals surface area contributed by atoms with Gasteiger partial charge in [-0.05, 0) is 30.1 Å². The molecule has 15 heteroatoms. The second-order valence-corrected chi connectivity index (χ2v) is 10.4. The molecule has 2 aromatic heterocycles. The molecule has 0 aliphatic carbocycles. The number of nitrogens with two attached hydrogens (primary N) is 2. The van der Waals surface area contributed by atoms with Gasteiger partial charge in [-0.25, -0.2) is 9.78 Å². The van der Waals surface area contributed by atoms with Crippen LogP contribution >= 0.6 is 11.8 Å². The van der Waals surface area contributed by atoms with Crippen molar-refractivity contribution >= 4 is 52.3 Å². The zero-order chi connectivity index (χ0) is 29.9. The summed E-state index contributed by atoms with van der Waals surface area (Å²) in [5.74, 6) is -3.95. The first-order valence-corrected chi connectivity index (χ1v) is 14.2. The van der Waals surface area contributed by atoms with Crippen molar-refractivity contribution in [1.82, 2.24) is 30.9 Å². The van der Waals surface area contributed by atoms with Gasteiger partial charge < -0.3 is 42.5 Å². The third-order valence-electron chi connectivity index (χ3n) is 6.33. The lowest BCUT2D eigenvalue weighted by molar-refractivity contribution is -0.142. The van der Waals surface area contributed by atoms with E-state index in [0.29, 0.717) is 17.0 Å². The molecular formula is C26H34N8O6S. The van der Waals surface area contributed by atoms with Crippen LogP contribution in [0.4, 0.5) is 0 Å². The highest BCUT2D eigenvalue weighted by Crippen LogP contribution is 2.19. The van der Waals surface area contributed by atoms with Crippen LogP contribution in [0, 0.1) is 0 Å². The normalized spacial score (nSPS) is 14.0. The van der Waals surface area contributed by atoms with Crippen LogP contribution in [0.5, 0.6) is 0 Å². The number of hydrogen-bond acceptors (Lipinski definition) is 8. The highest BCUT2D eigenvalue weighted by molar-refractivity contribution is 7.98. The number of carboxylic acids is 1. The summed E-state index contributed by atoms with van der Waals surface area (Å²) in [7, 11) is 0. The van der Waals surface area contributed by atoms with E-state index < -0.39 is 60.2 Å². The van der Waals surface area contributed by atoms with Gasteiger partial charge in [0.05, 0.1) is 18.8 Å². The van der Waals surface area contributed by atoms with Crippen molar-refractivity contribution in [1.29, 1.82) is 0 Å². The minimum atomic E-state index is -1.47. The first-order chi connectivity index (χ1) is 19.6. The number of para-hydroxylation sites is 1. The third-order valence-corrected chi connectivity index (χ3v) is 6.97. The molecule has 0 aliphatic heterocycles. The Morgan fingerprint density at radius 2 is 1.66 bits per heavy atom. The van der Waals surface area contributed by atoms with Gasteiger partial charge in [-0.2, -0.15) is 11.8 Å². The van der Waals surface area contributed by atoms with Crippen LogP contribution < -0.4 is 27.4 Å². The second-order valence-electron chi connectivity index (χ2n) is 9.42. The molecule has 0 radical (unpaired) electrons. The van der Waals surface area contributed by atoms with Crippen LogP contribution in [0.25, 0.3) is 10.9 Å². The predicted molar refractivity (Wildman–Crippen MR) is 153 cm³/mol. The number of H-pyrrole nitrogens is 2. The number of aliphatic carboxylic acids is 1. The summed E-state index contributed by atoms with van der Waals surface area (Å²) in [6.45, 7) is 0. The van der Waals surface area contributed by atoms with E-state index in [0.717, 1.165) is 10.9 Å². The number of carboxylic acid groups (broad SMARTS) is 1. The third kappa shape index (κ3) is 9.08. The van der Waals surface area contributed by atoms with Gasteiger partial charge in [0.15, 0.2) is 0 Å². The number of thioether (sulfide) groups is 1. The number of hydrogen-bond donors (Lipinski definition) is 8. The van der Waals surface area contributed by atoms with E-state index in [1.54, 1.807) is 6.20 Å². The summed E-state index contributed by atoms with van der Waals surface area (Å²) >= 11 is 1.44. The maximum atomic E-state index is 13.2. The molecule has 0 saturated heterocycles. The van der Waals surface area contributed by atoms with Crippen molar-refractivity contribution in [2.24, 2.45) is 11.5 Å². The van der Waals surface area contributed by atoms with E-state index in [1.807, 2.05) is 30.5 Å². The Morgan fingerprint density at radius 3 is 2.32 bits per heavy atom. The quantitative estimate of drug-likeness (QED) is 0.104. The number of imidazole rings is 1. The lowest BCUT2D eigenvalue weighted by Gasteiger charge is -2.24. The number of carbonyl (C=O) groups is 5.